The van der Waals surface area contributed by atoms with E-state index in [-0.39, 0.29) is 12.6 Å². The first-order chi connectivity index (χ1) is 13.1. The summed E-state index contributed by atoms with van der Waals surface area (Å²) in [5, 5.41) is 5.14. The molecule has 3 N–H and O–H groups in total. The van der Waals surface area contributed by atoms with Crippen molar-refractivity contribution >= 4 is 21.8 Å². The Morgan fingerprint density at radius 1 is 1.18 bits per heavy atom. The Morgan fingerprint density at radius 2 is 1.86 bits per heavy atom. The number of amides is 2. The van der Waals surface area contributed by atoms with Gasteiger partial charge in [0.2, 0.25) is 10.0 Å². The zero-order valence-electron chi connectivity index (χ0n) is 17.0. The Bertz CT molecular complexity index is 823. The van der Waals surface area contributed by atoms with Gasteiger partial charge in [0.15, 0.2) is 0 Å². The lowest BCUT2D eigenvalue weighted by atomic mass is 10.2. The smallest absolute Gasteiger partial charge is 0.309 e. The van der Waals surface area contributed by atoms with Gasteiger partial charge in [-0.05, 0) is 43.9 Å². The molecule has 0 unspecified atom stereocenters. The van der Waals surface area contributed by atoms with Gasteiger partial charge in [-0.2, -0.15) is 4.31 Å². The van der Waals surface area contributed by atoms with Crippen molar-refractivity contribution in [3.05, 3.63) is 29.3 Å². The molecule has 1 fully saturated rings. The maximum atomic E-state index is 13.1. The first kappa shape index (κ1) is 22.3. The fraction of sp³-hybridized carbons (Fsp3) is 0.579. The average molecular weight is 412 g/mol. The minimum atomic E-state index is -3.65. The molecule has 8 nitrogen and oxygen atoms in total. The van der Waals surface area contributed by atoms with E-state index in [1.807, 2.05) is 27.1 Å². The molecule has 28 heavy (non-hydrogen) atoms. The second-order valence-electron chi connectivity index (χ2n) is 7.60. The third-order valence-corrected chi connectivity index (χ3v) is 6.96. The number of carbonyl (C=O) groups is 2. The highest BCUT2D eigenvalue weighted by atomic mass is 32.2. The second-order valence-corrected chi connectivity index (χ2v) is 9.46. The van der Waals surface area contributed by atoms with E-state index in [0.29, 0.717) is 36.5 Å². The van der Waals surface area contributed by atoms with E-state index in [2.05, 4.69) is 10.6 Å². The molecule has 0 saturated carbocycles. The maximum absolute atomic E-state index is 13.1. The molecule has 9 heteroatoms. The van der Waals surface area contributed by atoms with Crippen molar-refractivity contribution in [1.82, 2.24) is 14.9 Å². The minimum absolute atomic E-state index is 0.120. The topological polar surface area (TPSA) is 100 Å². The number of rotatable bonds is 7. The lowest BCUT2D eigenvalue weighted by Crippen LogP contribution is -3.06. The van der Waals surface area contributed by atoms with Crippen LogP contribution in [0, 0.1) is 13.8 Å². The normalized spacial score (nSPS) is 17.7. The van der Waals surface area contributed by atoms with Crippen LogP contribution in [-0.2, 0) is 19.6 Å². The third-order valence-electron chi connectivity index (χ3n) is 4.87. The molecular weight excluding hydrogens is 380 g/mol. The highest BCUT2D eigenvalue weighted by Gasteiger charge is 2.36. The molecule has 156 valence electrons. The van der Waals surface area contributed by atoms with Crippen molar-refractivity contribution < 1.29 is 22.9 Å². The summed E-state index contributed by atoms with van der Waals surface area (Å²) in [4.78, 5) is 25.3. The number of carbonyl (C=O) groups excluding carboxylic acids is 2. The summed E-state index contributed by atoms with van der Waals surface area (Å²) >= 11 is 0. The standard InChI is InChI=1S/C19H30N4O4S/c1-14-7-8-15(2)17(12-14)28(26,27)23-10-5-6-16(23)13-21-19(25)18(24)20-9-11-22(3)4/h7-8,12,16H,5-6,9-11,13H2,1-4H3,(H,20,24)(H,21,25)/p+1/t16-/m1/s1. The predicted molar refractivity (Wildman–Crippen MR) is 107 cm³/mol. The summed E-state index contributed by atoms with van der Waals surface area (Å²) in [5.41, 5.74) is 1.58. The SMILES string of the molecule is Cc1ccc(C)c(S(=O)(=O)N2CCC[C@@H]2CNC(=O)C(=O)NCC[NH+](C)C)c1. The average Bonchev–Trinajstić information content (AvgIpc) is 3.10. The lowest BCUT2D eigenvalue weighted by Gasteiger charge is -2.25. The minimum Gasteiger partial charge on any atom is -0.346 e. The summed E-state index contributed by atoms with van der Waals surface area (Å²) in [6.07, 6.45) is 1.37. The van der Waals surface area contributed by atoms with Crippen LogP contribution in [0.5, 0.6) is 0 Å². The number of benzene rings is 1. The summed E-state index contributed by atoms with van der Waals surface area (Å²) in [5.74, 6) is -1.42. The Hall–Kier alpha value is -1.97. The molecule has 0 bridgehead atoms. The molecule has 1 aromatic rings. The van der Waals surface area contributed by atoms with Gasteiger partial charge in [-0.3, -0.25) is 9.59 Å². The number of likely N-dealkylation sites (N-methyl/N-ethyl adjacent to an activating group) is 1. The van der Waals surface area contributed by atoms with Crippen molar-refractivity contribution in [1.29, 1.82) is 0 Å². The zero-order chi connectivity index (χ0) is 20.9. The van der Waals surface area contributed by atoms with Crippen LogP contribution in [0.25, 0.3) is 0 Å². The fourth-order valence-corrected chi connectivity index (χ4v) is 5.24. The molecule has 1 aliphatic rings. The Kier molecular flexibility index (Phi) is 7.56. The number of quaternary nitrogens is 1. The number of hydrogen-bond donors (Lipinski definition) is 3. The predicted octanol–water partition coefficient (Wildman–Crippen LogP) is -1.17. The highest BCUT2D eigenvalue weighted by molar-refractivity contribution is 7.89. The van der Waals surface area contributed by atoms with Gasteiger partial charge in [0.1, 0.15) is 0 Å². The van der Waals surface area contributed by atoms with Gasteiger partial charge in [0.05, 0.1) is 32.1 Å². The van der Waals surface area contributed by atoms with Crippen molar-refractivity contribution in [2.45, 2.75) is 37.6 Å². The van der Waals surface area contributed by atoms with Crippen LogP contribution in [-0.4, -0.2) is 70.9 Å². The van der Waals surface area contributed by atoms with Gasteiger partial charge in [0, 0.05) is 19.1 Å². The van der Waals surface area contributed by atoms with Crippen LogP contribution in [0.15, 0.2) is 23.1 Å². The van der Waals surface area contributed by atoms with Crippen LogP contribution in [0.2, 0.25) is 0 Å². The van der Waals surface area contributed by atoms with Gasteiger partial charge >= 0.3 is 11.8 Å². The summed E-state index contributed by atoms with van der Waals surface area (Å²) in [7, 11) is 0.257. The van der Waals surface area contributed by atoms with Crippen LogP contribution in [0.3, 0.4) is 0 Å². The van der Waals surface area contributed by atoms with Crippen molar-refractivity contribution in [2.24, 2.45) is 0 Å². The van der Waals surface area contributed by atoms with E-state index >= 15 is 0 Å². The molecule has 0 radical (unpaired) electrons. The maximum Gasteiger partial charge on any atom is 0.309 e. The Morgan fingerprint density at radius 3 is 2.54 bits per heavy atom. The number of nitrogens with one attached hydrogen (secondary N) is 3. The van der Waals surface area contributed by atoms with E-state index < -0.39 is 21.8 Å². The molecule has 2 amide bonds. The van der Waals surface area contributed by atoms with E-state index in [0.717, 1.165) is 12.0 Å². The molecule has 1 heterocycles. The van der Waals surface area contributed by atoms with Crippen LogP contribution < -0.4 is 15.5 Å². The quantitative estimate of drug-likeness (QED) is 0.493. The zero-order valence-corrected chi connectivity index (χ0v) is 17.9. The molecule has 0 aliphatic carbocycles. The summed E-state index contributed by atoms with van der Waals surface area (Å²) < 4.78 is 27.7. The molecule has 2 rings (SSSR count). The van der Waals surface area contributed by atoms with Gasteiger partial charge in [-0.25, -0.2) is 8.42 Å². The van der Waals surface area contributed by atoms with Crippen LogP contribution in [0.1, 0.15) is 24.0 Å². The monoisotopic (exact) mass is 411 g/mol. The first-order valence-corrected chi connectivity index (χ1v) is 11.0. The van der Waals surface area contributed by atoms with E-state index in [1.54, 1.807) is 19.1 Å². The molecule has 1 aromatic carbocycles. The Balaban J connectivity index is 2.00. The lowest BCUT2D eigenvalue weighted by molar-refractivity contribution is -0.856. The van der Waals surface area contributed by atoms with Gasteiger partial charge < -0.3 is 15.5 Å². The molecule has 1 aliphatic heterocycles. The number of hydrogen-bond acceptors (Lipinski definition) is 4. The first-order valence-electron chi connectivity index (χ1n) is 9.57. The van der Waals surface area contributed by atoms with Crippen molar-refractivity contribution in [2.75, 3.05) is 40.3 Å². The van der Waals surface area contributed by atoms with E-state index in [1.165, 1.54) is 9.21 Å². The summed E-state index contributed by atoms with van der Waals surface area (Å²) in [6.45, 7) is 5.29. The molecular formula is C19H31N4O4S+. The largest absolute Gasteiger partial charge is 0.346 e. The summed E-state index contributed by atoms with van der Waals surface area (Å²) in [6, 6.07) is 5.01. The van der Waals surface area contributed by atoms with Gasteiger partial charge in [-0.1, -0.05) is 12.1 Å². The van der Waals surface area contributed by atoms with E-state index in [9.17, 15) is 18.0 Å². The third kappa shape index (κ3) is 5.52. The number of nitrogens with zero attached hydrogens (tertiary/aromatic N) is 1. The number of sulfonamides is 1. The van der Waals surface area contributed by atoms with Crippen LogP contribution >= 0.6 is 0 Å². The Labute approximate surface area is 167 Å². The molecule has 0 spiro atoms. The molecule has 1 saturated heterocycles. The van der Waals surface area contributed by atoms with Crippen LogP contribution in [0.4, 0.5) is 0 Å². The van der Waals surface area contributed by atoms with Gasteiger partial charge in [-0.15, -0.1) is 0 Å². The number of aryl methyl sites for hydroxylation is 2. The van der Waals surface area contributed by atoms with Gasteiger partial charge in [0.25, 0.3) is 0 Å². The van der Waals surface area contributed by atoms with Crippen molar-refractivity contribution in [3.63, 3.8) is 0 Å². The molecule has 1 atom stereocenters. The fourth-order valence-electron chi connectivity index (χ4n) is 3.24. The molecule has 0 aromatic heterocycles. The van der Waals surface area contributed by atoms with Crippen molar-refractivity contribution in [3.8, 4) is 0 Å². The second kappa shape index (κ2) is 9.49. The highest BCUT2D eigenvalue weighted by Crippen LogP contribution is 2.28. The van der Waals surface area contributed by atoms with E-state index in [4.69, 9.17) is 0 Å².